The van der Waals surface area contributed by atoms with Crippen LogP contribution in [0.5, 0.6) is 5.75 Å². The second kappa shape index (κ2) is 5.40. The smallest absolute Gasteiger partial charge is 0.262 e. The molecule has 98 valence electrons. The Hall–Kier alpha value is -1.55. The number of fused-ring (bicyclic) bond motifs is 1. The van der Waals surface area contributed by atoms with E-state index in [0.29, 0.717) is 5.92 Å². The Balaban J connectivity index is 2.25. The van der Waals surface area contributed by atoms with Crippen molar-refractivity contribution in [3.63, 3.8) is 0 Å². The molecule has 2 rings (SSSR count). The van der Waals surface area contributed by atoms with Crippen molar-refractivity contribution in [1.82, 2.24) is 0 Å². The van der Waals surface area contributed by atoms with Crippen molar-refractivity contribution in [2.75, 3.05) is 11.9 Å². The summed E-state index contributed by atoms with van der Waals surface area (Å²) in [4.78, 5) is 11.3. The van der Waals surface area contributed by atoms with Crippen LogP contribution in [0.1, 0.15) is 38.3 Å². The lowest BCUT2D eigenvalue weighted by molar-refractivity contribution is -0.118. The molecule has 0 fully saturated rings. The van der Waals surface area contributed by atoms with Gasteiger partial charge in [-0.05, 0) is 23.6 Å². The zero-order valence-corrected chi connectivity index (χ0v) is 10.9. The summed E-state index contributed by atoms with van der Waals surface area (Å²) in [5, 5.41) is 2.81. The average Bonchev–Trinajstić information content (AvgIpc) is 2.39. The number of carbonyl (C=O) groups is 1. The highest BCUT2D eigenvalue weighted by Crippen LogP contribution is 2.33. The molecular formula is C14H20N2O2. The number of amides is 1. The fourth-order valence-corrected chi connectivity index (χ4v) is 2.38. The summed E-state index contributed by atoms with van der Waals surface area (Å²) in [6.45, 7) is 4.39. The SMILES string of the molecule is CCC(CC)C(N)c1ccc2c(c1)NC(=O)CO2. The maximum absolute atomic E-state index is 11.3. The van der Waals surface area contributed by atoms with Gasteiger partial charge in [0.2, 0.25) is 0 Å². The van der Waals surface area contributed by atoms with Crippen molar-refractivity contribution in [2.45, 2.75) is 32.7 Å². The number of nitrogens with one attached hydrogen (secondary N) is 1. The van der Waals surface area contributed by atoms with Gasteiger partial charge in [0.25, 0.3) is 5.91 Å². The molecule has 1 aromatic carbocycles. The lowest BCUT2D eigenvalue weighted by Crippen LogP contribution is -2.26. The predicted molar refractivity (Wildman–Crippen MR) is 71.6 cm³/mol. The van der Waals surface area contributed by atoms with E-state index in [0.717, 1.165) is 29.8 Å². The Morgan fingerprint density at radius 3 is 2.78 bits per heavy atom. The molecule has 0 radical (unpaired) electrons. The minimum atomic E-state index is -0.115. The highest BCUT2D eigenvalue weighted by atomic mass is 16.5. The molecule has 1 heterocycles. The van der Waals surface area contributed by atoms with Crippen LogP contribution in [0.2, 0.25) is 0 Å². The van der Waals surface area contributed by atoms with Crippen molar-refractivity contribution < 1.29 is 9.53 Å². The van der Waals surface area contributed by atoms with E-state index in [2.05, 4.69) is 19.2 Å². The number of rotatable bonds is 4. The minimum absolute atomic E-state index is 0.00382. The molecule has 1 unspecified atom stereocenters. The highest BCUT2D eigenvalue weighted by molar-refractivity contribution is 5.95. The van der Waals surface area contributed by atoms with E-state index in [1.165, 1.54) is 0 Å². The van der Waals surface area contributed by atoms with E-state index in [-0.39, 0.29) is 18.6 Å². The van der Waals surface area contributed by atoms with E-state index in [1.807, 2.05) is 18.2 Å². The van der Waals surface area contributed by atoms with Gasteiger partial charge >= 0.3 is 0 Å². The van der Waals surface area contributed by atoms with Gasteiger partial charge in [-0.2, -0.15) is 0 Å². The van der Waals surface area contributed by atoms with Gasteiger partial charge in [-0.1, -0.05) is 32.8 Å². The van der Waals surface area contributed by atoms with E-state index in [9.17, 15) is 4.79 Å². The summed E-state index contributed by atoms with van der Waals surface area (Å²) in [6.07, 6.45) is 2.11. The third-order valence-corrected chi connectivity index (χ3v) is 3.58. The van der Waals surface area contributed by atoms with Crippen LogP contribution in [0.3, 0.4) is 0 Å². The van der Waals surface area contributed by atoms with E-state index in [4.69, 9.17) is 10.5 Å². The molecule has 1 amide bonds. The van der Waals surface area contributed by atoms with Crippen LogP contribution in [0, 0.1) is 5.92 Å². The van der Waals surface area contributed by atoms with E-state index >= 15 is 0 Å². The molecule has 0 spiro atoms. The van der Waals surface area contributed by atoms with Gasteiger partial charge in [0.15, 0.2) is 6.61 Å². The van der Waals surface area contributed by atoms with Crippen LogP contribution < -0.4 is 15.8 Å². The van der Waals surface area contributed by atoms with Gasteiger partial charge in [-0.25, -0.2) is 0 Å². The third-order valence-electron chi connectivity index (χ3n) is 3.58. The first-order chi connectivity index (χ1) is 8.65. The van der Waals surface area contributed by atoms with Crippen molar-refractivity contribution in [2.24, 2.45) is 11.7 Å². The molecule has 1 aromatic rings. The predicted octanol–water partition coefficient (Wildman–Crippen LogP) is 2.45. The summed E-state index contributed by atoms with van der Waals surface area (Å²) in [6, 6.07) is 5.80. The lowest BCUT2D eigenvalue weighted by atomic mass is 9.89. The maximum Gasteiger partial charge on any atom is 0.262 e. The molecular weight excluding hydrogens is 228 g/mol. The third kappa shape index (κ3) is 2.48. The van der Waals surface area contributed by atoms with Crippen LogP contribution >= 0.6 is 0 Å². The number of ether oxygens (including phenoxy) is 1. The van der Waals surface area contributed by atoms with Crippen LogP contribution in [-0.2, 0) is 4.79 Å². The molecule has 0 saturated carbocycles. The van der Waals surface area contributed by atoms with E-state index in [1.54, 1.807) is 0 Å². The van der Waals surface area contributed by atoms with Crippen molar-refractivity contribution in [1.29, 1.82) is 0 Å². The average molecular weight is 248 g/mol. The van der Waals surface area contributed by atoms with Crippen LogP contribution in [0.4, 0.5) is 5.69 Å². The molecule has 1 aliphatic rings. The molecule has 1 atom stereocenters. The summed E-state index contributed by atoms with van der Waals surface area (Å²) < 4.78 is 5.33. The monoisotopic (exact) mass is 248 g/mol. The fraction of sp³-hybridized carbons (Fsp3) is 0.500. The Labute approximate surface area is 108 Å². The molecule has 1 aliphatic heterocycles. The summed E-state index contributed by atoms with van der Waals surface area (Å²) in [7, 11) is 0. The molecule has 0 saturated heterocycles. The molecule has 0 aliphatic carbocycles. The molecule has 0 aromatic heterocycles. The second-order valence-electron chi connectivity index (χ2n) is 4.69. The zero-order chi connectivity index (χ0) is 13.1. The van der Waals surface area contributed by atoms with Gasteiger partial charge in [0.1, 0.15) is 5.75 Å². The van der Waals surface area contributed by atoms with Gasteiger partial charge < -0.3 is 15.8 Å². The van der Waals surface area contributed by atoms with Gasteiger partial charge in [-0.3, -0.25) is 4.79 Å². The van der Waals surface area contributed by atoms with Gasteiger partial charge in [0.05, 0.1) is 5.69 Å². The molecule has 0 bridgehead atoms. The largest absolute Gasteiger partial charge is 0.482 e. The summed E-state index contributed by atoms with van der Waals surface area (Å²) in [5.74, 6) is 1.06. The number of carbonyl (C=O) groups excluding carboxylic acids is 1. The topological polar surface area (TPSA) is 64.3 Å². The Kier molecular flexibility index (Phi) is 3.87. The minimum Gasteiger partial charge on any atom is -0.482 e. The Bertz CT molecular complexity index is 441. The van der Waals surface area contributed by atoms with Gasteiger partial charge in [-0.15, -0.1) is 0 Å². The second-order valence-corrected chi connectivity index (χ2v) is 4.69. The quantitative estimate of drug-likeness (QED) is 0.860. The summed E-state index contributed by atoms with van der Waals surface area (Å²) >= 11 is 0. The number of hydrogen-bond donors (Lipinski definition) is 2. The molecule has 4 heteroatoms. The van der Waals surface area contributed by atoms with Gasteiger partial charge in [0, 0.05) is 6.04 Å². The van der Waals surface area contributed by atoms with E-state index < -0.39 is 0 Å². The molecule has 3 N–H and O–H groups in total. The van der Waals surface area contributed by atoms with Crippen LogP contribution in [-0.4, -0.2) is 12.5 Å². The molecule has 4 nitrogen and oxygen atoms in total. The standard InChI is InChI=1S/C14H20N2O2/c1-3-9(4-2)14(15)10-5-6-12-11(7-10)16-13(17)8-18-12/h5-7,9,14H,3-4,8,15H2,1-2H3,(H,16,17). The normalized spacial score (nSPS) is 15.9. The Morgan fingerprint density at radius 1 is 1.39 bits per heavy atom. The maximum atomic E-state index is 11.3. The first-order valence-electron chi connectivity index (χ1n) is 6.47. The van der Waals surface area contributed by atoms with Crippen molar-refractivity contribution >= 4 is 11.6 Å². The van der Waals surface area contributed by atoms with Crippen LogP contribution in [0.15, 0.2) is 18.2 Å². The number of benzene rings is 1. The number of nitrogens with two attached hydrogens (primary N) is 1. The number of hydrogen-bond acceptors (Lipinski definition) is 3. The van der Waals surface area contributed by atoms with Crippen LogP contribution in [0.25, 0.3) is 0 Å². The van der Waals surface area contributed by atoms with Crippen molar-refractivity contribution in [3.05, 3.63) is 23.8 Å². The molecule has 18 heavy (non-hydrogen) atoms. The summed E-state index contributed by atoms with van der Waals surface area (Å²) in [5.41, 5.74) is 8.05. The first-order valence-corrected chi connectivity index (χ1v) is 6.47. The number of anilines is 1. The fourth-order valence-electron chi connectivity index (χ4n) is 2.38. The Morgan fingerprint density at radius 2 is 2.11 bits per heavy atom. The first kappa shape index (κ1) is 12.9. The van der Waals surface area contributed by atoms with Crippen molar-refractivity contribution in [3.8, 4) is 5.75 Å². The lowest BCUT2D eigenvalue weighted by Gasteiger charge is -2.24. The zero-order valence-electron chi connectivity index (χ0n) is 10.9. The highest BCUT2D eigenvalue weighted by Gasteiger charge is 2.20.